The molecule has 1 amide bonds. The Labute approximate surface area is 108 Å². The zero-order valence-electron chi connectivity index (χ0n) is 10.0. The molecule has 0 radical (unpaired) electrons. The van der Waals surface area contributed by atoms with Crippen molar-refractivity contribution in [1.82, 2.24) is 15.3 Å². The lowest BCUT2D eigenvalue weighted by Gasteiger charge is -2.01. The molecule has 0 saturated carbocycles. The fourth-order valence-corrected chi connectivity index (χ4v) is 1.55. The number of carboxylic acids is 1. The number of rotatable bonds is 6. The summed E-state index contributed by atoms with van der Waals surface area (Å²) >= 11 is 0. The fraction of sp³-hybridized carbons (Fsp3) is 0.250. The number of carboxylic acid groups (broad SMARTS) is 1. The van der Waals surface area contributed by atoms with Crippen LogP contribution in [0.1, 0.15) is 33.4 Å². The molecule has 0 spiro atoms. The average molecular weight is 263 g/mol. The van der Waals surface area contributed by atoms with Gasteiger partial charge in [0.1, 0.15) is 5.82 Å². The standard InChI is InChI=1S/C12H13N3O4/c16-11(8-3-4-9(19-8)12(17)18)15-5-1-2-10-13-6-7-14-10/h3-4,6-7H,1-2,5H2,(H,13,14)(H,15,16)(H,17,18). The number of hydrogen-bond acceptors (Lipinski definition) is 4. The number of imidazole rings is 1. The third kappa shape index (κ3) is 3.44. The Morgan fingerprint density at radius 1 is 1.37 bits per heavy atom. The monoisotopic (exact) mass is 263 g/mol. The minimum Gasteiger partial charge on any atom is -0.475 e. The number of nitrogens with zero attached hydrogens (tertiary/aromatic N) is 1. The first kappa shape index (κ1) is 12.9. The second-order valence-corrected chi connectivity index (χ2v) is 3.86. The molecule has 0 aliphatic heterocycles. The molecule has 2 heterocycles. The summed E-state index contributed by atoms with van der Waals surface area (Å²) in [4.78, 5) is 29.2. The Hall–Kier alpha value is -2.57. The highest BCUT2D eigenvalue weighted by molar-refractivity contribution is 5.93. The first-order valence-electron chi connectivity index (χ1n) is 5.76. The predicted octanol–water partition coefficient (Wildman–Crippen LogP) is 1.06. The van der Waals surface area contributed by atoms with Crippen LogP contribution < -0.4 is 5.32 Å². The van der Waals surface area contributed by atoms with Gasteiger partial charge in [0.05, 0.1) is 0 Å². The average Bonchev–Trinajstić information content (AvgIpc) is 3.05. The van der Waals surface area contributed by atoms with Crippen molar-refractivity contribution in [3.8, 4) is 0 Å². The van der Waals surface area contributed by atoms with E-state index in [-0.39, 0.29) is 11.5 Å². The van der Waals surface area contributed by atoms with E-state index in [9.17, 15) is 9.59 Å². The van der Waals surface area contributed by atoms with Gasteiger partial charge in [-0.2, -0.15) is 0 Å². The molecule has 0 fully saturated rings. The number of furan rings is 1. The molecule has 0 aromatic carbocycles. The minimum absolute atomic E-state index is 0.00426. The van der Waals surface area contributed by atoms with Crippen LogP contribution in [0.3, 0.4) is 0 Å². The highest BCUT2D eigenvalue weighted by Crippen LogP contribution is 2.07. The van der Waals surface area contributed by atoms with Crippen molar-refractivity contribution in [2.24, 2.45) is 0 Å². The molecule has 3 N–H and O–H groups in total. The summed E-state index contributed by atoms with van der Waals surface area (Å²) in [6.45, 7) is 0.461. The number of nitrogens with one attached hydrogen (secondary N) is 2. The molecule has 7 heteroatoms. The Kier molecular flexibility index (Phi) is 3.97. The van der Waals surface area contributed by atoms with Gasteiger partial charge in [-0.15, -0.1) is 0 Å². The van der Waals surface area contributed by atoms with Gasteiger partial charge in [-0.3, -0.25) is 4.79 Å². The largest absolute Gasteiger partial charge is 0.475 e. The van der Waals surface area contributed by atoms with E-state index in [0.717, 1.165) is 18.7 Å². The summed E-state index contributed by atoms with van der Waals surface area (Å²) in [5.74, 6) is -1.01. The first-order chi connectivity index (χ1) is 9.16. The van der Waals surface area contributed by atoms with Crippen molar-refractivity contribution in [2.45, 2.75) is 12.8 Å². The van der Waals surface area contributed by atoms with Crippen molar-refractivity contribution in [1.29, 1.82) is 0 Å². The molecule has 2 aromatic heterocycles. The summed E-state index contributed by atoms with van der Waals surface area (Å²) in [6, 6.07) is 2.59. The Bertz CT molecular complexity index is 559. The molecule has 0 unspecified atom stereocenters. The van der Waals surface area contributed by atoms with Crippen LogP contribution in [0.25, 0.3) is 0 Å². The second kappa shape index (κ2) is 5.85. The second-order valence-electron chi connectivity index (χ2n) is 3.86. The lowest BCUT2D eigenvalue weighted by molar-refractivity contribution is 0.0659. The number of hydrogen-bond donors (Lipinski definition) is 3. The summed E-state index contributed by atoms with van der Waals surface area (Å²) in [5, 5.41) is 11.3. The van der Waals surface area contributed by atoms with Crippen LogP contribution in [0.2, 0.25) is 0 Å². The van der Waals surface area contributed by atoms with E-state index < -0.39 is 11.9 Å². The molecule has 19 heavy (non-hydrogen) atoms. The Balaban J connectivity index is 1.76. The third-order valence-electron chi connectivity index (χ3n) is 2.47. The first-order valence-corrected chi connectivity index (χ1v) is 5.76. The molecular weight excluding hydrogens is 250 g/mol. The van der Waals surface area contributed by atoms with Gasteiger partial charge in [-0.05, 0) is 18.6 Å². The van der Waals surface area contributed by atoms with Gasteiger partial charge < -0.3 is 19.8 Å². The van der Waals surface area contributed by atoms with Crippen LogP contribution in [0, 0.1) is 0 Å². The van der Waals surface area contributed by atoms with Gasteiger partial charge in [0.15, 0.2) is 5.76 Å². The maximum absolute atomic E-state index is 11.6. The summed E-state index contributed by atoms with van der Waals surface area (Å²) in [6.07, 6.45) is 4.87. The highest BCUT2D eigenvalue weighted by atomic mass is 16.4. The quantitative estimate of drug-likeness (QED) is 0.675. The van der Waals surface area contributed by atoms with E-state index in [0.29, 0.717) is 6.54 Å². The van der Waals surface area contributed by atoms with Crippen LogP contribution in [0.4, 0.5) is 0 Å². The smallest absolute Gasteiger partial charge is 0.371 e. The Morgan fingerprint density at radius 3 is 2.79 bits per heavy atom. The van der Waals surface area contributed by atoms with Crippen molar-refractivity contribution >= 4 is 11.9 Å². The maximum atomic E-state index is 11.6. The van der Waals surface area contributed by atoms with Gasteiger partial charge in [-0.25, -0.2) is 9.78 Å². The lowest BCUT2D eigenvalue weighted by atomic mass is 10.3. The lowest BCUT2D eigenvalue weighted by Crippen LogP contribution is -2.24. The van der Waals surface area contributed by atoms with Gasteiger partial charge in [0, 0.05) is 25.4 Å². The predicted molar refractivity (Wildman–Crippen MR) is 64.9 cm³/mol. The normalized spacial score (nSPS) is 10.3. The molecule has 0 saturated heterocycles. The van der Waals surface area contributed by atoms with Crippen molar-refractivity contribution < 1.29 is 19.1 Å². The van der Waals surface area contributed by atoms with Crippen LogP contribution >= 0.6 is 0 Å². The number of H-pyrrole nitrogens is 1. The van der Waals surface area contributed by atoms with Crippen LogP contribution in [-0.4, -0.2) is 33.5 Å². The maximum Gasteiger partial charge on any atom is 0.371 e. The molecule has 7 nitrogen and oxygen atoms in total. The van der Waals surface area contributed by atoms with E-state index in [2.05, 4.69) is 15.3 Å². The number of carbonyl (C=O) groups excluding carboxylic acids is 1. The van der Waals surface area contributed by atoms with Crippen LogP contribution in [0.5, 0.6) is 0 Å². The topological polar surface area (TPSA) is 108 Å². The van der Waals surface area contributed by atoms with E-state index in [1.165, 1.54) is 12.1 Å². The van der Waals surface area contributed by atoms with E-state index in [4.69, 9.17) is 9.52 Å². The van der Waals surface area contributed by atoms with Gasteiger partial charge in [-0.1, -0.05) is 0 Å². The summed E-state index contributed by atoms with van der Waals surface area (Å²) < 4.78 is 4.88. The van der Waals surface area contributed by atoms with E-state index >= 15 is 0 Å². The molecule has 0 bridgehead atoms. The molecular formula is C12H13N3O4. The van der Waals surface area contributed by atoms with Crippen LogP contribution in [0.15, 0.2) is 28.9 Å². The van der Waals surface area contributed by atoms with Gasteiger partial charge in [0.25, 0.3) is 5.91 Å². The van der Waals surface area contributed by atoms with E-state index in [1.54, 1.807) is 12.4 Å². The molecule has 2 rings (SSSR count). The SMILES string of the molecule is O=C(O)c1ccc(C(=O)NCCCc2ncc[nH]2)o1. The zero-order chi connectivity index (χ0) is 13.7. The number of aryl methyl sites for hydroxylation is 1. The number of amides is 1. The van der Waals surface area contributed by atoms with Crippen molar-refractivity contribution in [3.63, 3.8) is 0 Å². The van der Waals surface area contributed by atoms with Crippen LogP contribution in [-0.2, 0) is 6.42 Å². The number of carbonyl (C=O) groups is 2. The van der Waals surface area contributed by atoms with E-state index in [1.807, 2.05) is 0 Å². The van der Waals surface area contributed by atoms with Crippen molar-refractivity contribution in [3.05, 3.63) is 41.9 Å². The number of aromatic amines is 1. The number of aromatic carboxylic acids is 1. The third-order valence-corrected chi connectivity index (χ3v) is 2.47. The fourth-order valence-electron chi connectivity index (χ4n) is 1.55. The van der Waals surface area contributed by atoms with Crippen molar-refractivity contribution in [2.75, 3.05) is 6.54 Å². The zero-order valence-corrected chi connectivity index (χ0v) is 10.0. The number of aromatic nitrogens is 2. The molecule has 2 aromatic rings. The highest BCUT2D eigenvalue weighted by Gasteiger charge is 2.14. The molecule has 0 aliphatic rings. The molecule has 0 atom stereocenters. The van der Waals surface area contributed by atoms with Gasteiger partial charge in [0.2, 0.25) is 5.76 Å². The van der Waals surface area contributed by atoms with Gasteiger partial charge >= 0.3 is 5.97 Å². The summed E-state index contributed by atoms with van der Waals surface area (Å²) in [5.41, 5.74) is 0. The molecule has 100 valence electrons. The summed E-state index contributed by atoms with van der Waals surface area (Å²) in [7, 11) is 0. The Morgan fingerprint density at radius 2 is 2.16 bits per heavy atom. The minimum atomic E-state index is -1.20. The molecule has 0 aliphatic carbocycles.